The Morgan fingerprint density at radius 1 is 0.579 bits per heavy atom. The van der Waals surface area contributed by atoms with E-state index in [0.717, 1.165) is 0 Å². The van der Waals surface area contributed by atoms with Gasteiger partial charge in [0.05, 0.1) is 0 Å². The Bertz CT molecular complexity index is 156. The minimum atomic E-state index is 0.646. The highest BCUT2D eigenvalue weighted by atomic mass is 32.1. The molecule has 0 saturated heterocycles. The van der Waals surface area contributed by atoms with Crippen LogP contribution in [0.1, 0.15) is 110 Å². The molecule has 1 unspecified atom stereocenters. The summed E-state index contributed by atoms with van der Waals surface area (Å²) in [6, 6.07) is 0. The lowest BCUT2D eigenvalue weighted by Crippen LogP contribution is -1.95. The average Bonchev–Trinajstić information content (AvgIpc) is 2.43. The molecule has 0 aromatic carbocycles. The van der Waals surface area contributed by atoms with Crippen LogP contribution in [0.2, 0.25) is 0 Å². The molecular weight excluding hydrogens is 248 g/mol. The summed E-state index contributed by atoms with van der Waals surface area (Å²) in [5.41, 5.74) is 0. The summed E-state index contributed by atoms with van der Waals surface area (Å²) >= 11 is 4.54. The van der Waals surface area contributed by atoms with Crippen molar-refractivity contribution in [2.45, 2.75) is 115 Å². The smallest absolute Gasteiger partial charge is 0.00141 e. The van der Waals surface area contributed by atoms with E-state index >= 15 is 0 Å². The van der Waals surface area contributed by atoms with Crippen molar-refractivity contribution in [3.05, 3.63) is 0 Å². The summed E-state index contributed by atoms with van der Waals surface area (Å²) in [4.78, 5) is 0. The molecule has 0 saturated carbocycles. The highest BCUT2D eigenvalue weighted by Gasteiger charge is 1.98. The number of hydrogen-bond acceptors (Lipinski definition) is 1. The first-order valence-corrected chi connectivity index (χ1v) is 9.51. The molecule has 0 nitrogen and oxygen atoms in total. The van der Waals surface area contributed by atoms with E-state index in [1.54, 1.807) is 0 Å². The van der Waals surface area contributed by atoms with Gasteiger partial charge in [0.25, 0.3) is 0 Å². The second-order valence-electron chi connectivity index (χ2n) is 6.09. The second kappa shape index (κ2) is 16.4. The highest BCUT2D eigenvalue weighted by Crippen LogP contribution is 2.15. The molecule has 0 fully saturated rings. The fraction of sp³-hybridized carbons (Fsp3) is 1.00. The maximum absolute atomic E-state index is 4.54. The molecule has 0 bridgehead atoms. The van der Waals surface area contributed by atoms with Gasteiger partial charge in [0.1, 0.15) is 0 Å². The Labute approximate surface area is 128 Å². The molecule has 0 radical (unpaired) electrons. The SMILES string of the molecule is CCCCCCCCCCCCCCCC(S)CC. The molecule has 116 valence electrons. The molecule has 0 rings (SSSR count). The van der Waals surface area contributed by atoms with Gasteiger partial charge < -0.3 is 0 Å². The third kappa shape index (κ3) is 16.3. The quantitative estimate of drug-likeness (QED) is 0.239. The van der Waals surface area contributed by atoms with Crippen molar-refractivity contribution in [2.75, 3.05) is 0 Å². The van der Waals surface area contributed by atoms with E-state index in [4.69, 9.17) is 0 Å². The van der Waals surface area contributed by atoms with E-state index in [2.05, 4.69) is 26.5 Å². The molecule has 0 aromatic rings. The van der Waals surface area contributed by atoms with Crippen LogP contribution in [0.25, 0.3) is 0 Å². The first-order valence-electron chi connectivity index (χ1n) is 8.99. The summed E-state index contributed by atoms with van der Waals surface area (Å²) in [5.74, 6) is 0. The third-order valence-electron chi connectivity index (χ3n) is 4.11. The minimum Gasteiger partial charge on any atom is -0.176 e. The molecule has 1 atom stereocenters. The van der Waals surface area contributed by atoms with E-state index in [-0.39, 0.29) is 0 Å². The molecule has 0 aliphatic rings. The lowest BCUT2D eigenvalue weighted by molar-refractivity contribution is 0.533. The number of rotatable bonds is 15. The summed E-state index contributed by atoms with van der Waals surface area (Å²) < 4.78 is 0. The molecule has 0 heterocycles. The molecular formula is C18H38S. The number of thiol groups is 1. The Morgan fingerprint density at radius 2 is 0.947 bits per heavy atom. The van der Waals surface area contributed by atoms with Crippen LogP contribution in [0, 0.1) is 0 Å². The van der Waals surface area contributed by atoms with Gasteiger partial charge in [-0.2, -0.15) is 12.6 Å². The molecule has 0 aliphatic heterocycles. The summed E-state index contributed by atoms with van der Waals surface area (Å²) in [6.07, 6.45) is 21.3. The maximum Gasteiger partial charge on any atom is 0.00141 e. The van der Waals surface area contributed by atoms with E-state index in [0.29, 0.717) is 5.25 Å². The molecule has 1 heteroatoms. The molecule has 0 spiro atoms. The molecule has 0 aliphatic carbocycles. The molecule has 19 heavy (non-hydrogen) atoms. The van der Waals surface area contributed by atoms with Crippen LogP contribution in [-0.4, -0.2) is 5.25 Å². The van der Waals surface area contributed by atoms with Crippen molar-refractivity contribution < 1.29 is 0 Å². The van der Waals surface area contributed by atoms with Gasteiger partial charge in [0.15, 0.2) is 0 Å². The van der Waals surface area contributed by atoms with Crippen LogP contribution in [0.3, 0.4) is 0 Å². The zero-order valence-corrected chi connectivity index (χ0v) is 14.5. The van der Waals surface area contributed by atoms with Crippen molar-refractivity contribution in [1.29, 1.82) is 0 Å². The summed E-state index contributed by atoms with van der Waals surface area (Å²) in [6.45, 7) is 4.53. The monoisotopic (exact) mass is 286 g/mol. The predicted octanol–water partition coefficient (Wildman–Crippen LogP) is 7.18. The van der Waals surface area contributed by atoms with Crippen LogP contribution < -0.4 is 0 Å². The average molecular weight is 287 g/mol. The van der Waals surface area contributed by atoms with Gasteiger partial charge in [0, 0.05) is 5.25 Å². The zero-order chi connectivity index (χ0) is 14.2. The third-order valence-corrected chi connectivity index (χ3v) is 4.74. The van der Waals surface area contributed by atoms with Crippen LogP contribution in [-0.2, 0) is 0 Å². The standard InChI is InChI=1S/C18H38S/c1-3-5-6-7-8-9-10-11-12-13-14-15-16-17-18(19)4-2/h18-19H,3-17H2,1-2H3. The Balaban J connectivity index is 2.95. The molecule has 0 amide bonds. The van der Waals surface area contributed by atoms with Gasteiger partial charge in [-0.05, 0) is 12.8 Å². The van der Waals surface area contributed by atoms with Gasteiger partial charge >= 0.3 is 0 Å². The van der Waals surface area contributed by atoms with Gasteiger partial charge in [-0.25, -0.2) is 0 Å². The van der Waals surface area contributed by atoms with E-state index < -0.39 is 0 Å². The van der Waals surface area contributed by atoms with Gasteiger partial charge in [-0.3, -0.25) is 0 Å². The van der Waals surface area contributed by atoms with Crippen LogP contribution in [0.15, 0.2) is 0 Å². The fourth-order valence-corrected chi connectivity index (χ4v) is 2.78. The highest BCUT2D eigenvalue weighted by molar-refractivity contribution is 7.80. The van der Waals surface area contributed by atoms with Crippen LogP contribution in [0.4, 0.5) is 0 Å². The van der Waals surface area contributed by atoms with Gasteiger partial charge in [-0.15, -0.1) is 0 Å². The van der Waals surface area contributed by atoms with Gasteiger partial charge in [0.2, 0.25) is 0 Å². The Kier molecular flexibility index (Phi) is 16.7. The topological polar surface area (TPSA) is 0 Å². The van der Waals surface area contributed by atoms with Crippen molar-refractivity contribution in [3.8, 4) is 0 Å². The van der Waals surface area contributed by atoms with E-state index in [1.807, 2.05) is 0 Å². The second-order valence-corrected chi connectivity index (χ2v) is 6.82. The van der Waals surface area contributed by atoms with Crippen molar-refractivity contribution in [1.82, 2.24) is 0 Å². The van der Waals surface area contributed by atoms with Crippen molar-refractivity contribution in [3.63, 3.8) is 0 Å². The minimum absolute atomic E-state index is 0.646. The lowest BCUT2D eigenvalue weighted by atomic mass is 10.0. The number of hydrogen-bond donors (Lipinski definition) is 1. The fourth-order valence-electron chi connectivity index (χ4n) is 2.60. The largest absolute Gasteiger partial charge is 0.176 e. The van der Waals surface area contributed by atoms with Crippen LogP contribution >= 0.6 is 12.6 Å². The van der Waals surface area contributed by atoms with Gasteiger partial charge in [-0.1, -0.05) is 97.3 Å². The predicted molar refractivity (Wildman–Crippen MR) is 93.4 cm³/mol. The Morgan fingerprint density at radius 3 is 1.32 bits per heavy atom. The van der Waals surface area contributed by atoms with Crippen LogP contribution in [0.5, 0.6) is 0 Å². The Hall–Kier alpha value is 0.350. The van der Waals surface area contributed by atoms with Crippen molar-refractivity contribution >= 4 is 12.6 Å². The lowest BCUT2D eigenvalue weighted by Gasteiger charge is -2.06. The van der Waals surface area contributed by atoms with E-state index in [9.17, 15) is 0 Å². The first-order chi connectivity index (χ1) is 9.31. The number of unbranched alkanes of at least 4 members (excludes halogenated alkanes) is 12. The maximum atomic E-state index is 4.54. The summed E-state index contributed by atoms with van der Waals surface area (Å²) in [7, 11) is 0. The molecule has 0 aromatic heterocycles. The summed E-state index contributed by atoms with van der Waals surface area (Å²) in [5, 5.41) is 0.646. The zero-order valence-electron chi connectivity index (χ0n) is 13.6. The molecule has 0 N–H and O–H groups in total. The van der Waals surface area contributed by atoms with Crippen molar-refractivity contribution in [2.24, 2.45) is 0 Å². The first kappa shape index (κ1) is 19.4. The normalized spacial score (nSPS) is 12.8. The van der Waals surface area contributed by atoms with E-state index in [1.165, 1.54) is 96.3 Å².